The van der Waals surface area contributed by atoms with Gasteiger partial charge in [0.15, 0.2) is 15.5 Å². The van der Waals surface area contributed by atoms with Crippen LogP contribution in [-0.4, -0.2) is 47.7 Å². The maximum absolute atomic E-state index is 13.6. The van der Waals surface area contributed by atoms with Crippen LogP contribution in [0.1, 0.15) is 69.9 Å². The maximum Gasteiger partial charge on any atom is 0.434 e. The molecule has 0 saturated carbocycles. The molecule has 1 aliphatic rings. The van der Waals surface area contributed by atoms with Gasteiger partial charge < -0.3 is 15.3 Å². The molecule has 1 aromatic heterocycles. The van der Waals surface area contributed by atoms with Crippen molar-refractivity contribution in [1.29, 1.82) is 0 Å². The summed E-state index contributed by atoms with van der Waals surface area (Å²) in [5.41, 5.74) is 0.296. The lowest BCUT2D eigenvalue weighted by atomic mass is 9.85. The number of alkyl halides is 3. The van der Waals surface area contributed by atoms with E-state index in [-0.39, 0.29) is 41.5 Å². The van der Waals surface area contributed by atoms with Gasteiger partial charge in [-0.3, -0.25) is 4.79 Å². The van der Waals surface area contributed by atoms with Crippen molar-refractivity contribution < 1.29 is 36.3 Å². The molecule has 4 rings (SSSR count). The third-order valence-electron chi connectivity index (χ3n) is 6.96. The number of fused-ring (bicyclic) bond motifs is 1. The molecular weight excluding hydrogens is 561 g/mol. The van der Waals surface area contributed by atoms with E-state index in [0.717, 1.165) is 16.7 Å². The number of nitrogens with one attached hydrogen (secondary N) is 1. The lowest BCUT2D eigenvalue weighted by molar-refractivity contribution is -0.141. The summed E-state index contributed by atoms with van der Waals surface area (Å²) >= 11 is 0. The fourth-order valence-corrected chi connectivity index (χ4v) is 5.78. The summed E-state index contributed by atoms with van der Waals surface area (Å²) in [7, 11) is -3.32. The Morgan fingerprint density at radius 2 is 1.83 bits per heavy atom. The van der Waals surface area contributed by atoms with Crippen LogP contribution in [0.4, 0.5) is 19.1 Å². The standard InChI is InChI=1S/C28H29F3N4O5S/c1-4-41(39,40)20-8-5-17(6-9-20)14-32-25(36)19-7-10-21-18(13-19)11-12-35(23(21)16(2)3)27-33-15-22(26(37)38)24(34-27)28(29,30)31/h5-10,13,15-16,23H,4,11-12,14H2,1-3H3,(H,32,36)(H,37,38). The van der Waals surface area contributed by atoms with Gasteiger partial charge in [0.05, 0.1) is 16.7 Å². The van der Waals surface area contributed by atoms with Gasteiger partial charge in [0.1, 0.15) is 5.56 Å². The van der Waals surface area contributed by atoms with E-state index in [2.05, 4.69) is 15.3 Å². The largest absolute Gasteiger partial charge is 0.478 e. The second-order valence-electron chi connectivity index (χ2n) is 10.0. The summed E-state index contributed by atoms with van der Waals surface area (Å²) in [6.07, 6.45) is -3.88. The summed E-state index contributed by atoms with van der Waals surface area (Å²) in [4.78, 5) is 33.7. The van der Waals surface area contributed by atoms with Crippen molar-refractivity contribution in [2.75, 3.05) is 17.2 Å². The number of carbonyl (C=O) groups excluding carboxylic acids is 1. The van der Waals surface area contributed by atoms with Crippen LogP contribution < -0.4 is 10.2 Å². The Morgan fingerprint density at radius 3 is 2.41 bits per heavy atom. The number of anilines is 1. The van der Waals surface area contributed by atoms with Crippen molar-refractivity contribution in [2.24, 2.45) is 5.92 Å². The monoisotopic (exact) mass is 590 g/mol. The lowest BCUT2D eigenvalue weighted by Gasteiger charge is -2.40. The Balaban J connectivity index is 1.55. The first-order chi connectivity index (χ1) is 19.2. The number of sulfone groups is 1. The number of benzene rings is 2. The molecule has 0 saturated heterocycles. The second kappa shape index (κ2) is 11.5. The molecule has 2 aromatic carbocycles. The van der Waals surface area contributed by atoms with Gasteiger partial charge in [0.2, 0.25) is 5.95 Å². The molecule has 1 amide bonds. The van der Waals surface area contributed by atoms with Gasteiger partial charge in [0, 0.05) is 24.8 Å². The Labute approximate surface area is 235 Å². The molecule has 2 heterocycles. The van der Waals surface area contributed by atoms with Gasteiger partial charge in [-0.1, -0.05) is 39.0 Å². The second-order valence-corrected chi connectivity index (χ2v) is 12.3. The normalized spacial score (nSPS) is 15.5. The lowest BCUT2D eigenvalue weighted by Crippen LogP contribution is -2.40. The van der Waals surface area contributed by atoms with E-state index in [1.54, 1.807) is 42.2 Å². The van der Waals surface area contributed by atoms with Crippen LogP contribution in [0, 0.1) is 5.92 Å². The van der Waals surface area contributed by atoms with Crippen LogP contribution >= 0.6 is 0 Å². The SMILES string of the molecule is CCS(=O)(=O)c1ccc(CNC(=O)c2ccc3c(c2)CCN(c2ncc(C(=O)O)c(C(F)(F)F)n2)C3C(C)C)cc1. The molecule has 3 aromatic rings. The minimum atomic E-state index is -4.97. The van der Waals surface area contributed by atoms with Crippen molar-refractivity contribution in [3.05, 3.63) is 82.2 Å². The number of carbonyl (C=O) groups is 2. The smallest absolute Gasteiger partial charge is 0.434 e. The highest BCUT2D eigenvalue weighted by Crippen LogP contribution is 2.39. The number of aromatic carboxylic acids is 1. The van der Waals surface area contributed by atoms with E-state index < -0.39 is 39.3 Å². The predicted molar refractivity (Wildman–Crippen MR) is 144 cm³/mol. The first-order valence-corrected chi connectivity index (χ1v) is 14.5. The number of hydrogen-bond donors (Lipinski definition) is 2. The van der Waals surface area contributed by atoms with Crippen LogP contribution in [0.25, 0.3) is 0 Å². The minimum absolute atomic E-state index is 0.00450. The zero-order valence-corrected chi connectivity index (χ0v) is 23.4. The highest BCUT2D eigenvalue weighted by molar-refractivity contribution is 7.91. The van der Waals surface area contributed by atoms with Crippen molar-refractivity contribution in [2.45, 2.75) is 50.9 Å². The van der Waals surface area contributed by atoms with Crippen LogP contribution in [0.2, 0.25) is 0 Å². The molecule has 9 nitrogen and oxygen atoms in total. The Morgan fingerprint density at radius 1 is 1.15 bits per heavy atom. The molecule has 2 N–H and O–H groups in total. The number of carboxylic acids is 1. The Hall–Kier alpha value is -4.00. The van der Waals surface area contributed by atoms with Crippen molar-refractivity contribution >= 4 is 27.7 Å². The summed E-state index contributed by atoms with van der Waals surface area (Å²) in [5.74, 6) is -2.39. The van der Waals surface area contributed by atoms with Gasteiger partial charge in [-0.05, 0) is 53.3 Å². The van der Waals surface area contributed by atoms with E-state index in [4.69, 9.17) is 0 Å². The Kier molecular flexibility index (Phi) is 8.39. The Bertz CT molecular complexity index is 1570. The van der Waals surface area contributed by atoms with Gasteiger partial charge in [0.25, 0.3) is 5.91 Å². The minimum Gasteiger partial charge on any atom is -0.478 e. The fraction of sp³-hybridized carbons (Fsp3) is 0.357. The number of rotatable bonds is 8. The van der Waals surface area contributed by atoms with Gasteiger partial charge in [-0.2, -0.15) is 13.2 Å². The molecule has 0 fully saturated rings. The van der Waals surface area contributed by atoms with Crippen molar-refractivity contribution in [1.82, 2.24) is 15.3 Å². The maximum atomic E-state index is 13.6. The molecule has 13 heteroatoms. The number of carboxylic acid groups (broad SMARTS) is 1. The third kappa shape index (κ3) is 6.34. The quantitative estimate of drug-likeness (QED) is 0.387. The molecule has 0 aliphatic carbocycles. The van der Waals surface area contributed by atoms with E-state index in [9.17, 15) is 36.3 Å². The molecule has 1 aliphatic heterocycles. The van der Waals surface area contributed by atoms with Crippen LogP contribution in [0.15, 0.2) is 53.6 Å². The van der Waals surface area contributed by atoms with Crippen LogP contribution in [0.3, 0.4) is 0 Å². The van der Waals surface area contributed by atoms with Gasteiger partial charge in [-0.15, -0.1) is 0 Å². The molecule has 0 spiro atoms. The number of amides is 1. The van der Waals surface area contributed by atoms with Gasteiger partial charge >= 0.3 is 12.1 Å². The zero-order chi connectivity index (χ0) is 30.1. The topological polar surface area (TPSA) is 130 Å². The number of aromatic nitrogens is 2. The number of hydrogen-bond acceptors (Lipinski definition) is 7. The third-order valence-corrected chi connectivity index (χ3v) is 8.71. The van der Waals surface area contributed by atoms with E-state index in [0.29, 0.717) is 18.2 Å². The fourth-order valence-electron chi connectivity index (χ4n) is 4.89. The van der Waals surface area contributed by atoms with Crippen LogP contribution in [0.5, 0.6) is 0 Å². The molecule has 0 bridgehead atoms. The summed E-state index contributed by atoms with van der Waals surface area (Å²) in [5, 5.41) is 12.0. The van der Waals surface area contributed by atoms with E-state index in [1.165, 1.54) is 12.1 Å². The van der Waals surface area contributed by atoms with Crippen LogP contribution in [-0.2, 0) is 29.0 Å². The first kappa shape index (κ1) is 30.0. The summed E-state index contributed by atoms with van der Waals surface area (Å²) < 4.78 is 64.7. The molecule has 218 valence electrons. The average molecular weight is 591 g/mol. The molecule has 1 unspecified atom stereocenters. The van der Waals surface area contributed by atoms with E-state index >= 15 is 0 Å². The van der Waals surface area contributed by atoms with Crippen molar-refractivity contribution in [3.63, 3.8) is 0 Å². The number of halogens is 3. The molecule has 0 radical (unpaired) electrons. The highest BCUT2D eigenvalue weighted by Gasteiger charge is 2.40. The van der Waals surface area contributed by atoms with E-state index in [1.807, 2.05) is 13.8 Å². The molecular formula is C28H29F3N4O5S. The van der Waals surface area contributed by atoms with Crippen molar-refractivity contribution in [3.8, 4) is 0 Å². The van der Waals surface area contributed by atoms with Gasteiger partial charge in [-0.25, -0.2) is 23.2 Å². The first-order valence-electron chi connectivity index (χ1n) is 12.9. The number of nitrogens with zero attached hydrogens (tertiary/aromatic N) is 3. The highest BCUT2D eigenvalue weighted by atomic mass is 32.2. The molecule has 41 heavy (non-hydrogen) atoms. The average Bonchev–Trinajstić information content (AvgIpc) is 2.94. The summed E-state index contributed by atoms with van der Waals surface area (Å²) in [6.45, 7) is 5.83. The summed E-state index contributed by atoms with van der Waals surface area (Å²) in [6, 6.07) is 11.1. The predicted octanol–water partition coefficient (Wildman–Crippen LogP) is 4.68. The molecule has 1 atom stereocenters. The zero-order valence-electron chi connectivity index (χ0n) is 22.6.